The van der Waals surface area contributed by atoms with E-state index in [9.17, 15) is 0 Å². The van der Waals surface area contributed by atoms with E-state index >= 15 is 0 Å². The van der Waals surface area contributed by atoms with Crippen molar-refractivity contribution in [1.29, 1.82) is 0 Å². The Morgan fingerprint density at radius 2 is 2.10 bits per heavy atom. The number of fused-ring (bicyclic) bond motifs is 1. The van der Waals surface area contributed by atoms with Crippen molar-refractivity contribution < 1.29 is 0 Å². The van der Waals surface area contributed by atoms with Crippen LogP contribution in [-0.4, -0.2) is 31.3 Å². The summed E-state index contributed by atoms with van der Waals surface area (Å²) < 4.78 is 1.74. The van der Waals surface area contributed by atoms with E-state index < -0.39 is 0 Å². The summed E-state index contributed by atoms with van der Waals surface area (Å²) in [5.41, 5.74) is 0.927. The molecule has 0 radical (unpaired) electrons. The Labute approximate surface area is 127 Å². The van der Waals surface area contributed by atoms with Gasteiger partial charge in [-0.1, -0.05) is 25.1 Å². The third kappa shape index (κ3) is 2.97. The molecular weight excluding hydrogens is 284 g/mol. The van der Waals surface area contributed by atoms with Gasteiger partial charge in [-0.3, -0.25) is 0 Å². The lowest BCUT2D eigenvalue weighted by molar-refractivity contribution is 0.685. The zero-order valence-electron chi connectivity index (χ0n) is 11.9. The van der Waals surface area contributed by atoms with Crippen molar-refractivity contribution in [2.24, 2.45) is 7.05 Å². The Kier molecular flexibility index (Phi) is 4.01. The van der Waals surface area contributed by atoms with Gasteiger partial charge in [-0.25, -0.2) is 19.6 Å². The lowest BCUT2D eigenvalue weighted by atomic mass is 10.2. The molecular formula is C14H16N6S. The van der Waals surface area contributed by atoms with Gasteiger partial charge in [-0.2, -0.15) is 5.10 Å². The predicted molar refractivity (Wildman–Crippen MR) is 83.4 cm³/mol. The second-order valence-electron chi connectivity index (χ2n) is 4.56. The third-order valence-corrected chi connectivity index (χ3v) is 4.02. The largest absolute Gasteiger partial charge is 0.354 e. The fourth-order valence-electron chi connectivity index (χ4n) is 1.91. The number of nitrogens with zero attached hydrogens (tertiary/aromatic N) is 5. The normalized spacial score (nSPS) is 11.0. The fraction of sp³-hybridized carbons (Fsp3) is 0.286. The first-order valence-corrected chi connectivity index (χ1v) is 7.62. The average Bonchev–Trinajstić information content (AvgIpc) is 2.90. The van der Waals surface area contributed by atoms with E-state index in [0.29, 0.717) is 5.95 Å². The first kappa shape index (κ1) is 13.8. The highest BCUT2D eigenvalue weighted by Crippen LogP contribution is 2.30. The monoisotopic (exact) mass is 300 g/mol. The average molecular weight is 300 g/mol. The molecule has 0 amide bonds. The molecule has 2 aromatic heterocycles. The number of hydrogen-bond acceptors (Lipinski definition) is 6. The van der Waals surface area contributed by atoms with Gasteiger partial charge in [-0.05, 0) is 24.2 Å². The number of hydrogen-bond donors (Lipinski definition) is 1. The van der Waals surface area contributed by atoms with Crippen molar-refractivity contribution in [3.05, 3.63) is 30.6 Å². The summed E-state index contributed by atoms with van der Waals surface area (Å²) in [6.45, 7) is 2.97. The SMILES string of the molecule is CCCNc1nc(Sc2ncnn2C)c2ccccc2n1. The van der Waals surface area contributed by atoms with Crippen LogP contribution in [0.1, 0.15) is 13.3 Å². The number of para-hydroxylation sites is 1. The summed E-state index contributed by atoms with van der Waals surface area (Å²) in [4.78, 5) is 13.4. The van der Waals surface area contributed by atoms with Gasteiger partial charge in [0, 0.05) is 19.0 Å². The molecule has 7 heteroatoms. The standard InChI is InChI=1S/C14H16N6S/c1-3-8-15-13-18-11-7-5-4-6-10(11)12(19-13)21-14-16-9-17-20(14)2/h4-7,9H,3,8H2,1-2H3,(H,15,18,19). The number of rotatable bonds is 5. The highest BCUT2D eigenvalue weighted by Gasteiger charge is 2.11. The van der Waals surface area contributed by atoms with Gasteiger partial charge < -0.3 is 5.32 Å². The van der Waals surface area contributed by atoms with E-state index in [1.165, 1.54) is 11.8 Å². The Morgan fingerprint density at radius 1 is 1.24 bits per heavy atom. The van der Waals surface area contributed by atoms with Crippen molar-refractivity contribution in [3.8, 4) is 0 Å². The molecule has 0 spiro atoms. The van der Waals surface area contributed by atoms with Crippen LogP contribution in [0.5, 0.6) is 0 Å². The van der Waals surface area contributed by atoms with Crippen LogP contribution in [0.2, 0.25) is 0 Å². The number of nitrogens with one attached hydrogen (secondary N) is 1. The van der Waals surface area contributed by atoms with Crippen molar-refractivity contribution in [2.75, 3.05) is 11.9 Å². The van der Waals surface area contributed by atoms with Crippen LogP contribution < -0.4 is 5.32 Å². The molecule has 6 nitrogen and oxygen atoms in total. The topological polar surface area (TPSA) is 68.5 Å². The number of anilines is 1. The molecule has 0 bridgehead atoms. The van der Waals surface area contributed by atoms with E-state index in [-0.39, 0.29) is 0 Å². The molecule has 0 saturated heterocycles. The lowest BCUT2D eigenvalue weighted by Crippen LogP contribution is -2.05. The Balaban J connectivity index is 2.04. The predicted octanol–water partition coefficient (Wildman–Crippen LogP) is 2.73. The van der Waals surface area contributed by atoms with Crippen LogP contribution in [0.25, 0.3) is 10.9 Å². The quantitative estimate of drug-likeness (QED) is 0.731. The number of benzene rings is 1. The molecule has 1 aromatic carbocycles. The number of aromatic nitrogens is 5. The molecule has 1 N–H and O–H groups in total. The van der Waals surface area contributed by atoms with Crippen molar-refractivity contribution >= 4 is 28.6 Å². The molecule has 0 saturated carbocycles. The molecule has 0 unspecified atom stereocenters. The van der Waals surface area contributed by atoms with Gasteiger partial charge >= 0.3 is 0 Å². The smallest absolute Gasteiger partial charge is 0.224 e. The molecule has 108 valence electrons. The van der Waals surface area contributed by atoms with E-state index in [1.807, 2.05) is 31.3 Å². The molecule has 0 aliphatic carbocycles. The minimum absolute atomic E-state index is 0.653. The second-order valence-corrected chi connectivity index (χ2v) is 5.52. The molecule has 21 heavy (non-hydrogen) atoms. The molecule has 0 aliphatic heterocycles. The highest BCUT2D eigenvalue weighted by atomic mass is 32.2. The number of aryl methyl sites for hydroxylation is 1. The molecule has 2 heterocycles. The minimum atomic E-state index is 0.653. The van der Waals surface area contributed by atoms with E-state index in [2.05, 4.69) is 32.3 Å². The Hall–Kier alpha value is -2.15. The van der Waals surface area contributed by atoms with Gasteiger partial charge in [0.1, 0.15) is 11.4 Å². The van der Waals surface area contributed by atoms with Crippen LogP contribution in [0.3, 0.4) is 0 Å². The summed E-state index contributed by atoms with van der Waals surface area (Å²) >= 11 is 1.50. The van der Waals surface area contributed by atoms with Crippen LogP contribution in [0.15, 0.2) is 40.8 Å². The van der Waals surface area contributed by atoms with E-state index in [0.717, 1.165) is 34.1 Å². The summed E-state index contributed by atoms with van der Waals surface area (Å²) in [6.07, 6.45) is 2.57. The van der Waals surface area contributed by atoms with Gasteiger partial charge in [0.2, 0.25) is 5.95 Å². The maximum atomic E-state index is 4.61. The first-order valence-electron chi connectivity index (χ1n) is 6.80. The van der Waals surface area contributed by atoms with Crippen molar-refractivity contribution in [2.45, 2.75) is 23.5 Å². The zero-order chi connectivity index (χ0) is 14.7. The van der Waals surface area contributed by atoms with Gasteiger partial charge in [0.05, 0.1) is 5.52 Å². The summed E-state index contributed by atoms with van der Waals surface area (Å²) in [7, 11) is 1.87. The summed E-state index contributed by atoms with van der Waals surface area (Å²) in [5, 5.41) is 10.0. The van der Waals surface area contributed by atoms with Crippen molar-refractivity contribution in [1.82, 2.24) is 24.7 Å². The third-order valence-electron chi connectivity index (χ3n) is 2.96. The van der Waals surface area contributed by atoms with Gasteiger partial charge in [0.25, 0.3) is 0 Å². The van der Waals surface area contributed by atoms with Gasteiger partial charge in [0.15, 0.2) is 5.16 Å². The van der Waals surface area contributed by atoms with Crippen molar-refractivity contribution in [3.63, 3.8) is 0 Å². The van der Waals surface area contributed by atoms with Crippen LogP contribution in [0, 0.1) is 0 Å². The fourth-order valence-corrected chi connectivity index (χ4v) is 2.77. The minimum Gasteiger partial charge on any atom is -0.354 e. The molecule has 3 rings (SSSR count). The van der Waals surface area contributed by atoms with E-state index in [1.54, 1.807) is 11.0 Å². The summed E-state index contributed by atoms with van der Waals surface area (Å²) in [5.74, 6) is 0.653. The molecule has 0 atom stereocenters. The zero-order valence-corrected chi connectivity index (χ0v) is 12.8. The maximum Gasteiger partial charge on any atom is 0.224 e. The molecule has 0 fully saturated rings. The van der Waals surface area contributed by atoms with Crippen LogP contribution >= 0.6 is 11.8 Å². The second kappa shape index (κ2) is 6.09. The first-order chi connectivity index (χ1) is 10.3. The summed E-state index contributed by atoms with van der Waals surface area (Å²) in [6, 6.07) is 7.99. The maximum absolute atomic E-state index is 4.61. The molecule has 0 aliphatic rings. The van der Waals surface area contributed by atoms with Crippen LogP contribution in [0.4, 0.5) is 5.95 Å². The lowest BCUT2D eigenvalue weighted by Gasteiger charge is -2.08. The highest BCUT2D eigenvalue weighted by molar-refractivity contribution is 7.99. The Bertz CT molecular complexity index is 754. The van der Waals surface area contributed by atoms with Crippen LogP contribution in [-0.2, 0) is 7.05 Å². The Morgan fingerprint density at radius 3 is 2.86 bits per heavy atom. The van der Waals surface area contributed by atoms with E-state index in [4.69, 9.17) is 0 Å². The molecule has 3 aromatic rings. The van der Waals surface area contributed by atoms with Gasteiger partial charge in [-0.15, -0.1) is 0 Å².